The molecule has 1 aromatic rings. The maximum atomic E-state index is 11.9. The van der Waals surface area contributed by atoms with Crippen LogP contribution in [-0.4, -0.2) is 22.9 Å². The Morgan fingerprint density at radius 1 is 1.53 bits per heavy atom. The largest absolute Gasteiger partial charge is 0.331 e. The molecule has 1 fully saturated rings. The SMILES string of the molecule is CC(C)N1C(=O)CC(N)C1c1cc(Br)c(Br)s1. The third-order valence-corrected chi connectivity index (χ3v) is 6.24. The normalized spacial score (nSPS) is 25.1. The smallest absolute Gasteiger partial charge is 0.225 e. The van der Waals surface area contributed by atoms with Gasteiger partial charge in [-0.1, -0.05) is 0 Å². The van der Waals surface area contributed by atoms with Crippen molar-refractivity contribution in [3.63, 3.8) is 0 Å². The van der Waals surface area contributed by atoms with E-state index in [1.165, 1.54) is 0 Å². The highest BCUT2D eigenvalue weighted by molar-refractivity contribution is 9.13. The highest BCUT2D eigenvalue weighted by Crippen LogP contribution is 2.42. The predicted molar refractivity (Wildman–Crippen MR) is 77.0 cm³/mol. The van der Waals surface area contributed by atoms with Gasteiger partial charge < -0.3 is 10.6 Å². The highest BCUT2D eigenvalue weighted by Gasteiger charge is 2.40. The molecular formula is C11H14Br2N2OS. The van der Waals surface area contributed by atoms with Gasteiger partial charge >= 0.3 is 0 Å². The zero-order chi connectivity index (χ0) is 12.7. The van der Waals surface area contributed by atoms with Gasteiger partial charge in [-0.3, -0.25) is 4.79 Å². The van der Waals surface area contributed by atoms with Crippen LogP contribution in [-0.2, 0) is 4.79 Å². The Morgan fingerprint density at radius 3 is 2.65 bits per heavy atom. The van der Waals surface area contributed by atoms with Gasteiger partial charge in [0, 0.05) is 27.9 Å². The van der Waals surface area contributed by atoms with Crippen molar-refractivity contribution in [1.29, 1.82) is 0 Å². The van der Waals surface area contributed by atoms with Gasteiger partial charge in [0.2, 0.25) is 5.91 Å². The van der Waals surface area contributed by atoms with E-state index < -0.39 is 0 Å². The first-order chi connectivity index (χ1) is 7.91. The molecule has 1 aliphatic heterocycles. The van der Waals surface area contributed by atoms with Crippen molar-refractivity contribution in [3.8, 4) is 0 Å². The molecule has 1 aromatic heterocycles. The Labute approximate surface area is 122 Å². The van der Waals surface area contributed by atoms with E-state index >= 15 is 0 Å². The molecule has 0 aromatic carbocycles. The monoisotopic (exact) mass is 380 g/mol. The summed E-state index contributed by atoms with van der Waals surface area (Å²) in [6, 6.07) is 2.13. The first-order valence-corrected chi connectivity index (χ1v) is 7.83. The molecule has 0 bridgehead atoms. The second-order valence-electron chi connectivity index (χ2n) is 4.48. The van der Waals surface area contributed by atoms with Crippen molar-refractivity contribution < 1.29 is 4.79 Å². The molecule has 0 aliphatic carbocycles. The van der Waals surface area contributed by atoms with Crippen LogP contribution >= 0.6 is 43.2 Å². The van der Waals surface area contributed by atoms with Gasteiger partial charge in [-0.15, -0.1) is 11.3 Å². The summed E-state index contributed by atoms with van der Waals surface area (Å²) in [5.74, 6) is 0.151. The third kappa shape index (κ3) is 2.45. The second kappa shape index (κ2) is 4.99. The molecule has 6 heteroatoms. The fourth-order valence-electron chi connectivity index (χ4n) is 2.25. The molecule has 2 heterocycles. The minimum atomic E-state index is -0.109. The van der Waals surface area contributed by atoms with Gasteiger partial charge in [0.1, 0.15) is 0 Å². The predicted octanol–water partition coefficient (Wildman–Crippen LogP) is 3.28. The number of hydrogen-bond acceptors (Lipinski definition) is 3. The number of halogens is 2. The Bertz CT molecular complexity index is 427. The molecule has 1 saturated heterocycles. The minimum absolute atomic E-state index is 0.00935. The molecule has 17 heavy (non-hydrogen) atoms. The average Bonchev–Trinajstić information content (AvgIpc) is 2.68. The third-order valence-electron chi connectivity index (χ3n) is 2.92. The molecule has 0 radical (unpaired) electrons. The van der Waals surface area contributed by atoms with E-state index in [4.69, 9.17) is 5.73 Å². The molecule has 3 nitrogen and oxygen atoms in total. The van der Waals surface area contributed by atoms with Gasteiger partial charge in [0.25, 0.3) is 0 Å². The lowest BCUT2D eigenvalue weighted by Crippen LogP contribution is -2.37. The van der Waals surface area contributed by atoms with E-state index in [0.717, 1.165) is 13.1 Å². The van der Waals surface area contributed by atoms with Crippen LogP contribution in [0, 0.1) is 0 Å². The Balaban J connectivity index is 2.38. The van der Waals surface area contributed by atoms with Crippen LogP contribution < -0.4 is 5.73 Å². The Kier molecular flexibility index (Phi) is 3.97. The number of likely N-dealkylation sites (tertiary alicyclic amines) is 1. The van der Waals surface area contributed by atoms with Gasteiger partial charge in [-0.25, -0.2) is 0 Å². The lowest BCUT2D eigenvalue weighted by Gasteiger charge is -2.29. The van der Waals surface area contributed by atoms with E-state index in [1.807, 2.05) is 24.8 Å². The molecule has 94 valence electrons. The standard InChI is InChI=1S/C11H14Br2N2OS/c1-5(2)15-9(16)4-7(14)10(15)8-3-6(12)11(13)17-8/h3,5,7,10H,4,14H2,1-2H3. The quantitative estimate of drug-likeness (QED) is 0.854. The van der Waals surface area contributed by atoms with Crippen LogP contribution in [0.15, 0.2) is 14.3 Å². The summed E-state index contributed by atoms with van der Waals surface area (Å²) < 4.78 is 2.07. The molecular weight excluding hydrogens is 368 g/mol. The number of carbonyl (C=O) groups is 1. The van der Waals surface area contributed by atoms with Gasteiger partial charge in [-0.05, 0) is 51.8 Å². The van der Waals surface area contributed by atoms with Gasteiger partial charge in [-0.2, -0.15) is 0 Å². The Hall–Kier alpha value is 0.0900. The van der Waals surface area contributed by atoms with Crippen molar-refractivity contribution in [2.24, 2.45) is 5.73 Å². The van der Waals surface area contributed by atoms with Crippen LogP contribution in [0.1, 0.15) is 31.2 Å². The second-order valence-corrected chi connectivity index (χ2v) is 7.73. The average molecular weight is 382 g/mol. The fourth-order valence-corrected chi connectivity index (χ4v) is 4.51. The molecule has 0 saturated carbocycles. The summed E-state index contributed by atoms with van der Waals surface area (Å²) in [4.78, 5) is 15.0. The highest BCUT2D eigenvalue weighted by atomic mass is 79.9. The van der Waals surface area contributed by atoms with Crippen molar-refractivity contribution in [1.82, 2.24) is 4.90 Å². The summed E-state index contributed by atoms with van der Waals surface area (Å²) in [5, 5.41) is 0. The topological polar surface area (TPSA) is 46.3 Å². The number of nitrogens with two attached hydrogens (primary N) is 1. The number of rotatable bonds is 2. The van der Waals surface area contributed by atoms with E-state index in [9.17, 15) is 4.79 Å². The zero-order valence-electron chi connectivity index (χ0n) is 9.61. The number of thiophene rings is 1. The van der Waals surface area contributed by atoms with Crippen LogP contribution in [0.5, 0.6) is 0 Å². The van der Waals surface area contributed by atoms with Crippen molar-refractivity contribution in [3.05, 3.63) is 19.2 Å². The van der Waals surface area contributed by atoms with E-state index in [2.05, 4.69) is 31.9 Å². The fraction of sp³-hybridized carbons (Fsp3) is 0.545. The molecule has 2 rings (SSSR count). The lowest BCUT2D eigenvalue weighted by atomic mass is 10.1. The van der Waals surface area contributed by atoms with Gasteiger partial charge in [0.15, 0.2) is 0 Å². The molecule has 2 unspecified atom stereocenters. The molecule has 0 spiro atoms. The van der Waals surface area contributed by atoms with Crippen molar-refractivity contribution in [2.75, 3.05) is 0 Å². The van der Waals surface area contributed by atoms with Crippen LogP contribution in [0.3, 0.4) is 0 Å². The zero-order valence-corrected chi connectivity index (χ0v) is 13.6. The van der Waals surface area contributed by atoms with Crippen LogP contribution in [0.2, 0.25) is 0 Å². The summed E-state index contributed by atoms with van der Waals surface area (Å²) >= 11 is 8.59. The molecule has 1 aliphatic rings. The van der Waals surface area contributed by atoms with E-state index in [1.54, 1.807) is 11.3 Å². The van der Waals surface area contributed by atoms with E-state index in [0.29, 0.717) is 6.42 Å². The Morgan fingerprint density at radius 2 is 2.18 bits per heavy atom. The molecule has 2 N–H and O–H groups in total. The summed E-state index contributed by atoms with van der Waals surface area (Å²) in [6.07, 6.45) is 0.440. The maximum Gasteiger partial charge on any atom is 0.225 e. The molecule has 2 atom stereocenters. The lowest BCUT2D eigenvalue weighted by molar-refractivity contribution is -0.130. The number of amides is 1. The maximum absolute atomic E-state index is 11.9. The first-order valence-electron chi connectivity index (χ1n) is 5.43. The van der Waals surface area contributed by atoms with E-state index in [-0.39, 0.29) is 24.0 Å². The van der Waals surface area contributed by atoms with Crippen molar-refractivity contribution in [2.45, 2.75) is 38.4 Å². The number of carbonyl (C=O) groups excluding carboxylic acids is 1. The summed E-state index contributed by atoms with van der Waals surface area (Å²) in [5.41, 5.74) is 6.10. The first kappa shape index (κ1) is 13.5. The summed E-state index contributed by atoms with van der Waals surface area (Å²) in [7, 11) is 0. The number of hydrogen-bond donors (Lipinski definition) is 1. The molecule has 1 amide bonds. The minimum Gasteiger partial charge on any atom is -0.331 e. The van der Waals surface area contributed by atoms with Crippen LogP contribution in [0.25, 0.3) is 0 Å². The number of nitrogens with zero attached hydrogens (tertiary/aromatic N) is 1. The van der Waals surface area contributed by atoms with Gasteiger partial charge in [0.05, 0.1) is 9.83 Å². The summed E-state index contributed by atoms with van der Waals surface area (Å²) in [6.45, 7) is 4.06. The van der Waals surface area contributed by atoms with Crippen LogP contribution in [0.4, 0.5) is 0 Å². The van der Waals surface area contributed by atoms with Crippen molar-refractivity contribution >= 4 is 49.1 Å².